The van der Waals surface area contributed by atoms with E-state index in [2.05, 4.69) is 25.4 Å². The molecule has 26 heavy (non-hydrogen) atoms. The molecule has 130 valence electrons. The minimum absolute atomic E-state index is 0.170. The highest BCUT2D eigenvalue weighted by Crippen LogP contribution is 2.33. The average molecular weight is 348 g/mol. The quantitative estimate of drug-likeness (QED) is 0.487. The Morgan fingerprint density at radius 2 is 1.96 bits per heavy atom. The summed E-state index contributed by atoms with van der Waals surface area (Å²) in [5.41, 5.74) is 9.23. The standard InChI is InChI=1S/C18H16N6O2/c1-2-26-14-9-11(10-4-3-5-12(19)8-10)6-7-13(14)16-20-17-15(18(25)21-16)22-24-23-17/h3-9H,2,19H2,1H3,(H2,20,21,22,23,24,25). The van der Waals surface area contributed by atoms with Crippen LogP contribution in [-0.4, -0.2) is 32.0 Å². The zero-order chi connectivity index (χ0) is 18.1. The normalized spacial score (nSPS) is 11.0. The molecule has 8 nitrogen and oxygen atoms in total. The zero-order valence-electron chi connectivity index (χ0n) is 14.0. The summed E-state index contributed by atoms with van der Waals surface area (Å²) in [5.74, 6) is 0.984. The van der Waals surface area contributed by atoms with Crippen molar-refractivity contribution in [3.63, 3.8) is 0 Å². The van der Waals surface area contributed by atoms with Gasteiger partial charge in [-0.3, -0.25) is 4.79 Å². The second-order valence-electron chi connectivity index (χ2n) is 5.68. The van der Waals surface area contributed by atoms with Crippen LogP contribution in [0, 0.1) is 0 Å². The van der Waals surface area contributed by atoms with Gasteiger partial charge in [0.15, 0.2) is 5.52 Å². The smallest absolute Gasteiger partial charge is 0.281 e. The fourth-order valence-corrected chi connectivity index (χ4v) is 2.77. The van der Waals surface area contributed by atoms with E-state index in [9.17, 15) is 4.79 Å². The summed E-state index contributed by atoms with van der Waals surface area (Å²) < 4.78 is 5.78. The van der Waals surface area contributed by atoms with Crippen molar-refractivity contribution in [1.29, 1.82) is 0 Å². The topological polar surface area (TPSA) is 123 Å². The number of fused-ring (bicyclic) bond motifs is 1. The van der Waals surface area contributed by atoms with Crippen LogP contribution in [0.3, 0.4) is 0 Å². The van der Waals surface area contributed by atoms with E-state index in [1.807, 2.05) is 49.4 Å². The fraction of sp³-hybridized carbons (Fsp3) is 0.111. The number of H-pyrrole nitrogens is 2. The number of nitrogens with zero attached hydrogens (tertiary/aromatic N) is 3. The number of aromatic amines is 2. The molecule has 2 heterocycles. The molecule has 0 radical (unpaired) electrons. The molecule has 0 atom stereocenters. The first-order valence-corrected chi connectivity index (χ1v) is 8.09. The summed E-state index contributed by atoms with van der Waals surface area (Å²) in [4.78, 5) is 19.3. The molecule has 4 rings (SSSR count). The van der Waals surface area contributed by atoms with E-state index in [1.54, 1.807) is 0 Å². The van der Waals surface area contributed by atoms with Crippen LogP contribution in [0.2, 0.25) is 0 Å². The number of hydrogen-bond donors (Lipinski definition) is 3. The van der Waals surface area contributed by atoms with E-state index >= 15 is 0 Å². The van der Waals surface area contributed by atoms with Gasteiger partial charge in [-0.05, 0) is 42.3 Å². The molecule has 0 unspecified atom stereocenters. The molecule has 4 N–H and O–H groups in total. The van der Waals surface area contributed by atoms with E-state index in [1.165, 1.54) is 0 Å². The van der Waals surface area contributed by atoms with Gasteiger partial charge < -0.3 is 15.5 Å². The van der Waals surface area contributed by atoms with Crippen molar-refractivity contribution in [3.05, 3.63) is 52.8 Å². The second-order valence-corrected chi connectivity index (χ2v) is 5.68. The summed E-state index contributed by atoms with van der Waals surface area (Å²) in [6, 6.07) is 13.3. The Balaban J connectivity index is 1.86. The Kier molecular flexibility index (Phi) is 3.85. The van der Waals surface area contributed by atoms with Crippen molar-refractivity contribution < 1.29 is 4.74 Å². The number of ether oxygens (including phenoxy) is 1. The molecule has 4 aromatic rings. The molecule has 0 spiro atoms. The molecule has 0 aliphatic rings. The maximum atomic E-state index is 12.2. The van der Waals surface area contributed by atoms with Gasteiger partial charge in [-0.2, -0.15) is 5.21 Å². The summed E-state index contributed by atoms with van der Waals surface area (Å²) in [5, 5.41) is 10.1. The first-order valence-electron chi connectivity index (χ1n) is 8.09. The third kappa shape index (κ3) is 2.77. The lowest BCUT2D eigenvalue weighted by molar-refractivity contribution is 0.341. The van der Waals surface area contributed by atoms with Crippen LogP contribution in [0.5, 0.6) is 5.75 Å². The van der Waals surface area contributed by atoms with Gasteiger partial charge >= 0.3 is 0 Å². The SMILES string of the molecule is CCOc1cc(-c2cccc(N)c2)ccc1-c1nc2n[nH]nc2c(=O)[nH]1. The Bertz CT molecular complexity index is 1150. The van der Waals surface area contributed by atoms with Crippen LogP contribution in [-0.2, 0) is 0 Å². The van der Waals surface area contributed by atoms with Crippen LogP contribution in [0.25, 0.3) is 33.7 Å². The van der Waals surface area contributed by atoms with Crippen LogP contribution in [0.15, 0.2) is 47.3 Å². The molecule has 0 bridgehead atoms. The maximum absolute atomic E-state index is 12.2. The third-order valence-corrected chi connectivity index (χ3v) is 3.95. The van der Waals surface area contributed by atoms with Crippen molar-refractivity contribution in [2.45, 2.75) is 6.92 Å². The lowest BCUT2D eigenvalue weighted by Gasteiger charge is -2.12. The lowest BCUT2D eigenvalue weighted by Crippen LogP contribution is -2.10. The fourth-order valence-electron chi connectivity index (χ4n) is 2.77. The summed E-state index contributed by atoms with van der Waals surface area (Å²) in [7, 11) is 0. The number of benzene rings is 2. The van der Waals surface area contributed by atoms with Gasteiger partial charge in [0.2, 0.25) is 5.65 Å². The molecule has 2 aromatic heterocycles. The van der Waals surface area contributed by atoms with E-state index in [0.29, 0.717) is 29.4 Å². The highest BCUT2D eigenvalue weighted by atomic mass is 16.5. The highest BCUT2D eigenvalue weighted by Gasteiger charge is 2.14. The molecule has 0 saturated heterocycles. The number of aromatic nitrogens is 5. The Labute approximate surface area is 148 Å². The van der Waals surface area contributed by atoms with Gasteiger partial charge in [0, 0.05) is 5.69 Å². The van der Waals surface area contributed by atoms with Gasteiger partial charge in [-0.1, -0.05) is 18.2 Å². The third-order valence-electron chi connectivity index (χ3n) is 3.95. The predicted octanol–water partition coefficient (Wildman–Crippen LogP) is 2.36. The average Bonchev–Trinajstić information content (AvgIpc) is 3.11. The molecular formula is C18H16N6O2. The first kappa shape index (κ1) is 15.8. The van der Waals surface area contributed by atoms with Gasteiger partial charge in [-0.15, -0.1) is 10.2 Å². The predicted molar refractivity (Wildman–Crippen MR) is 98.8 cm³/mol. The molecule has 0 fully saturated rings. The van der Waals surface area contributed by atoms with E-state index in [0.717, 1.165) is 11.1 Å². The number of nitrogen functional groups attached to an aromatic ring is 1. The van der Waals surface area contributed by atoms with E-state index < -0.39 is 0 Å². The Hall–Kier alpha value is -3.68. The van der Waals surface area contributed by atoms with Crippen LogP contribution < -0.4 is 16.0 Å². The van der Waals surface area contributed by atoms with Crippen LogP contribution in [0.4, 0.5) is 5.69 Å². The summed E-state index contributed by atoms with van der Waals surface area (Å²) >= 11 is 0. The summed E-state index contributed by atoms with van der Waals surface area (Å²) in [6.45, 7) is 2.37. The minimum Gasteiger partial charge on any atom is -0.493 e. The molecule has 2 aromatic carbocycles. The van der Waals surface area contributed by atoms with Gasteiger partial charge in [-0.25, -0.2) is 4.98 Å². The zero-order valence-corrected chi connectivity index (χ0v) is 14.0. The van der Waals surface area contributed by atoms with E-state index in [4.69, 9.17) is 10.5 Å². The lowest BCUT2D eigenvalue weighted by atomic mass is 10.0. The molecule has 0 saturated carbocycles. The molecule has 0 aliphatic carbocycles. The van der Waals surface area contributed by atoms with Gasteiger partial charge in [0.1, 0.15) is 11.6 Å². The monoisotopic (exact) mass is 348 g/mol. The molecule has 0 amide bonds. The van der Waals surface area contributed by atoms with Crippen molar-refractivity contribution >= 4 is 16.9 Å². The van der Waals surface area contributed by atoms with E-state index in [-0.39, 0.29) is 16.7 Å². The van der Waals surface area contributed by atoms with Crippen LogP contribution >= 0.6 is 0 Å². The number of nitrogens with one attached hydrogen (secondary N) is 2. The van der Waals surface area contributed by atoms with Crippen LogP contribution in [0.1, 0.15) is 6.92 Å². The molecule has 8 heteroatoms. The van der Waals surface area contributed by atoms with Crippen molar-refractivity contribution in [2.24, 2.45) is 0 Å². The Morgan fingerprint density at radius 1 is 1.12 bits per heavy atom. The molecule has 0 aliphatic heterocycles. The minimum atomic E-state index is -0.360. The Morgan fingerprint density at radius 3 is 2.77 bits per heavy atom. The number of rotatable bonds is 4. The van der Waals surface area contributed by atoms with Gasteiger partial charge in [0.25, 0.3) is 5.56 Å². The molecular weight excluding hydrogens is 332 g/mol. The van der Waals surface area contributed by atoms with Crippen molar-refractivity contribution in [2.75, 3.05) is 12.3 Å². The van der Waals surface area contributed by atoms with Crippen molar-refractivity contribution in [3.8, 4) is 28.3 Å². The first-order chi connectivity index (χ1) is 12.7. The number of nitrogens with two attached hydrogens (primary N) is 1. The number of hydrogen-bond acceptors (Lipinski definition) is 6. The maximum Gasteiger partial charge on any atom is 0.281 e. The number of anilines is 1. The largest absolute Gasteiger partial charge is 0.493 e. The van der Waals surface area contributed by atoms with Crippen molar-refractivity contribution in [1.82, 2.24) is 25.4 Å². The highest BCUT2D eigenvalue weighted by molar-refractivity contribution is 5.77. The van der Waals surface area contributed by atoms with Gasteiger partial charge in [0.05, 0.1) is 12.2 Å². The summed E-state index contributed by atoms with van der Waals surface area (Å²) in [6.07, 6.45) is 0. The second kappa shape index (κ2) is 6.32.